The smallest absolute Gasteiger partial charge is 0.327 e. The van der Waals surface area contributed by atoms with Crippen molar-refractivity contribution in [2.75, 3.05) is 27.4 Å². The number of carbonyl (C=O) groups excluding carboxylic acids is 2. The van der Waals surface area contributed by atoms with Crippen molar-refractivity contribution in [2.24, 2.45) is 0 Å². The highest BCUT2D eigenvalue weighted by Crippen LogP contribution is 2.24. The largest absolute Gasteiger partial charge is 0.497 e. The Hall–Kier alpha value is -3.02. The van der Waals surface area contributed by atoms with Crippen LogP contribution in [0.5, 0.6) is 11.5 Å². The van der Waals surface area contributed by atoms with Crippen LogP contribution in [0.15, 0.2) is 47.4 Å². The average Bonchev–Trinajstić information content (AvgIpc) is 2.75. The van der Waals surface area contributed by atoms with E-state index in [1.165, 1.54) is 26.4 Å². The Morgan fingerprint density at radius 2 is 1.77 bits per heavy atom. The average molecular weight is 441 g/mol. The lowest BCUT2D eigenvalue weighted by molar-refractivity contribution is -0.145. The molecule has 0 aliphatic heterocycles. The number of ether oxygens (including phenoxy) is 3. The van der Waals surface area contributed by atoms with Crippen LogP contribution in [0.4, 0.5) is 4.39 Å². The van der Waals surface area contributed by atoms with Gasteiger partial charge in [-0.25, -0.2) is 12.8 Å². The van der Waals surface area contributed by atoms with E-state index in [1.54, 1.807) is 6.07 Å². The topological polar surface area (TPSA) is 128 Å². The summed E-state index contributed by atoms with van der Waals surface area (Å²) in [5.41, 5.74) is 0.0945. The molecule has 0 saturated carbocycles. The third-order valence-electron chi connectivity index (χ3n) is 3.94. The molecule has 0 spiro atoms. The van der Waals surface area contributed by atoms with Gasteiger partial charge in [-0.05, 0) is 42.5 Å². The minimum absolute atomic E-state index is 0.0945. The summed E-state index contributed by atoms with van der Waals surface area (Å²) < 4.78 is 54.5. The molecule has 2 aromatic rings. The molecule has 9 nitrogen and oxygen atoms in total. The fourth-order valence-electron chi connectivity index (χ4n) is 2.38. The zero-order chi connectivity index (χ0) is 22.3. The van der Waals surface area contributed by atoms with Crippen LogP contribution in [0, 0.1) is 5.82 Å². The fraction of sp³-hybridized carbons (Fsp3) is 0.263. The third kappa shape index (κ3) is 5.75. The molecule has 11 heteroatoms. The van der Waals surface area contributed by atoms with Crippen molar-refractivity contribution in [3.05, 3.63) is 53.8 Å². The van der Waals surface area contributed by atoms with E-state index in [2.05, 4.69) is 0 Å². The molecule has 0 radical (unpaired) electrons. The monoisotopic (exact) mass is 441 g/mol. The molecule has 2 aromatic carbocycles. The number of ketones is 1. The Morgan fingerprint density at radius 3 is 2.33 bits per heavy atom. The quantitative estimate of drug-likeness (QED) is 0.411. The Labute approximate surface area is 172 Å². The van der Waals surface area contributed by atoms with Crippen molar-refractivity contribution < 1.29 is 41.7 Å². The number of benzene rings is 2. The lowest BCUT2D eigenvalue weighted by Crippen LogP contribution is -2.44. The Morgan fingerprint density at radius 1 is 1.10 bits per heavy atom. The Balaban J connectivity index is 2.07. The first-order chi connectivity index (χ1) is 14.2. The number of Topliss-reactive ketones (excluding diaryl/α,β-unsaturated/α-hetero) is 1. The van der Waals surface area contributed by atoms with Crippen molar-refractivity contribution >= 4 is 21.8 Å². The zero-order valence-electron chi connectivity index (χ0n) is 16.1. The van der Waals surface area contributed by atoms with Crippen LogP contribution in [-0.2, 0) is 19.6 Å². The van der Waals surface area contributed by atoms with E-state index in [0.717, 1.165) is 24.3 Å². The summed E-state index contributed by atoms with van der Waals surface area (Å²) >= 11 is 0. The van der Waals surface area contributed by atoms with Gasteiger partial charge in [-0.2, -0.15) is 4.72 Å². The van der Waals surface area contributed by atoms with Gasteiger partial charge >= 0.3 is 5.97 Å². The number of esters is 1. The number of rotatable bonds is 10. The molecule has 1 unspecified atom stereocenters. The number of methoxy groups -OCH3 is 2. The van der Waals surface area contributed by atoms with E-state index < -0.39 is 46.8 Å². The molecule has 0 fully saturated rings. The Kier molecular flexibility index (Phi) is 7.86. The predicted octanol–water partition coefficient (Wildman–Crippen LogP) is 0.908. The molecule has 0 aliphatic carbocycles. The van der Waals surface area contributed by atoms with E-state index >= 15 is 0 Å². The number of nitrogens with one attached hydrogen (secondary N) is 1. The maximum absolute atomic E-state index is 13.0. The second kappa shape index (κ2) is 10.1. The van der Waals surface area contributed by atoms with Gasteiger partial charge in [0.1, 0.15) is 23.4 Å². The van der Waals surface area contributed by atoms with Gasteiger partial charge in [0.25, 0.3) is 0 Å². The van der Waals surface area contributed by atoms with Gasteiger partial charge in [0.15, 0.2) is 6.61 Å². The second-order valence-electron chi connectivity index (χ2n) is 5.91. The molecule has 0 aliphatic rings. The molecule has 0 aromatic heterocycles. The summed E-state index contributed by atoms with van der Waals surface area (Å²) in [4.78, 5) is 24.3. The molecule has 0 amide bonds. The molecule has 0 bridgehead atoms. The number of aliphatic hydroxyl groups is 1. The van der Waals surface area contributed by atoms with Crippen molar-refractivity contribution in [3.8, 4) is 11.5 Å². The van der Waals surface area contributed by atoms with E-state index in [1.807, 2.05) is 4.72 Å². The summed E-state index contributed by atoms with van der Waals surface area (Å²) in [6.45, 7) is -1.65. The van der Waals surface area contributed by atoms with Gasteiger partial charge in [-0.1, -0.05) is 0 Å². The van der Waals surface area contributed by atoms with Gasteiger partial charge in [-0.15, -0.1) is 0 Å². The zero-order valence-corrected chi connectivity index (χ0v) is 16.9. The van der Waals surface area contributed by atoms with E-state index in [-0.39, 0.29) is 16.2 Å². The first-order valence-electron chi connectivity index (χ1n) is 8.52. The molecular formula is C19H20FNO8S. The minimum atomic E-state index is -4.24. The Bertz CT molecular complexity index is 1010. The summed E-state index contributed by atoms with van der Waals surface area (Å²) in [6.07, 6.45) is 0. The SMILES string of the molecule is COc1ccc(OC)c(C(=O)COC(=O)C(CO)NS(=O)(=O)c2ccc(F)cc2)c1. The van der Waals surface area contributed by atoms with Crippen LogP contribution in [0.1, 0.15) is 10.4 Å². The van der Waals surface area contributed by atoms with E-state index in [9.17, 15) is 27.5 Å². The van der Waals surface area contributed by atoms with Gasteiger partial charge in [-0.3, -0.25) is 9.59 Å². The molecular weight excluding hydrogens is 421 g/mol. The van der Waals surface area contributed by atoms with Crippen LogP contribution in [0.25, 0.3) is 0 Å². The van der Waals surface area contributed by atoms with Crippen LogP contribution in [0.2, 0.25) is 0 Å². The van der Waals surface area contributed by atoms with Crippen molar-refractivity contribution in [1.82, 2.24) is 4.72 Å². The lowest BCUT2D eigenvalue weighted by Gasteiger charge is -2.16. The van der Waals surface area contributed by atoms with Crippen LogP contribution in [-0.4, -0.2) is 58.8 Å². The lowest BCUT2D eigenvalue weighted by atomic mass is 10.1. The highest BCUT2D eigenvalue weighted by molar-refractivity contribution is 7.89. The van der Waals surface area contributed by atoms with E-state index in [4.69, 9.17) is 14.2 Å². The molecule has 2 N–H and O–H groups in total. The summed E-state index contributed by atoms with van der Waals surface area (Å²) in [5.74, 6) is -1.83. The predicted molar refractivity (Wildman–Crippen MR) is 102 cm³/mol. The van der Waals surface area contributed by atoms with Gasteiger partial charge < -0.3 is 19.3 Å². The molecule has 1 atom stereocenters. The third-order valence-corrected chi connectivity index (χ3v) is 5.43. The van der Waals surface area contributed by atoms with E-state index in [0.29, 0.717) is 5.75 Å². The van der Waals surface area contributed by atoms with Gasteiger partial charge in [0.05, 0.1) is 31.3 Å². The summed E-state index contributed by atoms with van der Waals surface area (Å²) in [6, 6.07) is 6.67. The highest BCUT2D eigenvalue weighted by atomic mass is 32.2. The molecule has 0 saturated heterocycles. The van der Waals surface area contributed by atoms with Crippen LogP contribution in [0.3, 0.4) is 0 Å². The van der Waals surface area contributed by atoms with Crippen molar-refractivity contribution in [2.45, 2.75) is 10.9 Å². The van der Waals surface area contributed by atoms with Gasteiger partial charge in [0.2, 0.25) is 15.8 Å². The highest BCUT2D eigenvalue weighted by Gasteiger charge is 2.27. The second-order valence-corrected chi connectivity index (χ2v) is 7.62. The summed E-state index contributed by atoms with van der Waals surface area (Å²) in [7, 11) is -1.47. The molecule has 162 valence electrons. The first-order valence-corrected chi connectivity index (χ1v) is 10.0. The fourth-order valence-corrected chi connectivity index (χ4v) is 3.55. The van der Waals surface area contributed by atoms with Crippen molar-refractivity contribution in [1.29, 1.82) is 0 Å². The maximum atomic E-state index is 13.0. The minimum Gasteiger partial charge on any atom is -0.497 e. The molecule has 2 rings (SSSR count). The number of halogens is 1. The maximum Gasteiger partial charge on any atom is 0.327 e. The van der Waals surface area contributed by atoms with Crippen LogP contribution < -0.4 is 14.2 Å². The number of aliphatic hydroxyl groups excluding tert-OH is 1. The van der Waals surface area contributed by atoms with Crippen LogP contribution >= 0.6 is 0 Å². The number of carbonyl (C=O) groups is 2. The molecule has 0 heterocycles. The standard InChI is InChI=1S/C19H20FNO8S/c1-27-13-5-8-18(28-2)15(9-13)17(23)11-29-19(24)16(10-22)21-30(25,26)14-6-3-12(20)4-7-14/h3-9,16,21-22H,10-11H2,1-2H3. The van der Waals surface area contributed by atoms with Gasteiger partial charge in [0, 0.05) is 0 Å². The number of sulfonamides is 1. The number of hydrogen-bond donors (Lipinski definition) is 2. The first kappa shape index (κ1) is 23.3. The summed E-state index contributed by atoms with van der Waals surface area (Å²) in [5, 5.41) is 9.37. The number of hydrogen-bond acceptors (Lipinski definition) is 8. The normalized spacial score (nSPS) is 12.1. The van der Waals surface area contributed by atoms with Crippen molar-refractivity contribution in [3.63, 3.8) is 0 Å². The molecule has 30 heavy (non-hydrogen) atoms.